The molecular formula is C15H18O4. The van der Waals surface area contributed by atoms with Gasteiger partial charge >= 0.3 is 5.97 Å². The fourth-order valence-electron chi connectivity index (χ4n) is 1.33. The van der Waals surface area contributed by atoms with Crippen molar-refractivity contribution in [1.29, 1.82) is 0 Å². The lowest BCUT2D eigenvalue weighted by molar-refractivity contribution is -0.135. The number of hydrogen-bond donors (Lipinski definition) is 1. The molecule has 1 N–H and O–H groups in total. The van der Waals surface area contributed by atoms with Crippen molar-refractivity contribution in [2.75, 3.05) is 13.7 Å². The van der Waals surface area contributed by atoms with Crippen molar-refractivity contribution in [3.63, 3.8) is 0 Å². The summed E-state index contributed by atoms with van der Waals surface area (Å²) in [5, 5.41) is 8.88. The van der Waals surface area contributed by atoms with E-state index in [2.05, 4.69) is 0 Å². The van der Waals surface area contributed by atoms with Gasteiger partial charge in [-0.05, 0) is 43.2 Å². The highest BCUT2D eigenvalue weighted by Crippen LogP contribution is 2.17. The van der Waals surface area contributed by atoms with Crippen molar-refractivity contribution >= 4 is 12.0 Å². The van der Waals surface area contributed by atoms with Crippen LogP contribution in [0.3, 0.4) is 0 Å². The van der Waals surface area contributed by atoms with E-state index in [1.807, 2.05) is 26.0 Å². The Morgan fingerprint density at radius 2 is 2.16 bits per heavy atom. The normalized spacial score (nSPS) is 12.2. The van der Waals surface area contributed by atoms with Crippen molar-refractivity contribution in [2.45, 2.75) is 13.8 Å². The summed E-state index contributed by atoms with van der Waals surface area (Å²) in [6, 6.07) is 7.19. The number of ether oxygens (including phenoxy) is 2. The van der Waals surface area contributed by atoms with Crippen LogP contribution in [0.1, 0.15) is 19.4 Å². The molecule has 0 bridgehead atoms. The summed E-state index contributed by atoms with van der Waals surface area (Å²) < 4.78 is 10.4. The van der Waals surface area contributed by atoms with Crippen molar-refractivity contribution < 1.29 is 19.4 Å². The zero-order valence-electron chi connectivity index (χ0n) is 11.3. The molecule has 0 spiro atoms. The molecule has 0 heterocycles. The number of allylic oxidation sites excluding steroid dienone is 1. The minimum atomic E-state index is -1.10. The summed E-state index contributed by atoms with van der Waals surface area (Å²) in [6.07, 6.45) is 3.44. The van der Waals surface area contributed by atoms with Crippen LogP contribution < -0.4 is 4.74 Å². The Morgan fingerprint density at radius 3 is 2.74 bits per heavy atom. The first kappa shape index (κ1) is 14.8. The highest BCUT2D eigenvalue weighted by molar-refractivity contribution is 5.89. The lowest BCUT2D eigenvalue weighted by atomic mass is 10.2. The lowest BCUT2D eigenvalue weighted by Crippen LogP contribution is -2.02. The first-order valence-electron chi connectivity index (χ1n) is 5.90. The highest BCUT2D eigenvalue weighted by atomic mass is 16.5. The summed E-state index contributed by atoms with van der Waals surface area (Å²) in [7, 11) is 1.33. The predicted molar refractivity (Wildman–Crippen MR) is 74.0 cm³/mol. The molecule has 4 nitrogen and oxygen atoms in total. The van der Waals surface area contributed by atoms with E-state index in [1.165, 1.54) is 13.2 Å². The second-order valence-electron chi connectivity index (χ2n) is 4.01. The van der Waals surface area contributed by atoms with E-state index in [4.69, 9.17) is 14.6 Å². The first-order chi connectivity index (χ1) is 9.06. The first-order valence-corrected chi connectivity index (χ1v) is 5.90. The number of hydrogen-bond acceptors (Lipinski definition) is 3. The van der Waals surface area contributed by atoms with Gasteiger partial charge in [-0.15, -0.1) is 0 Å². The average Bonchev–Trinajstić information content (AvgIpc) is 2.42. The predicted octanol–water partition coefficient (Wildman–Crippen LogP) is 3.10. The second-order valence-corrected chi connectivity index (χ2v) is 4.01. The van der Waals surface area contributed by atoms with Crippen molar-refractivity contribution in [3.8, 4) is 5.75 Å². The van der Waals surface area contributed by atoms with Crippen LogP contribution in [0.5, 0.6) is 5.75 Å². The minimum Gasteiger partial charge on any atom is -0.490 e. The minimum absolute atomic E-state index is 0.109. The van der Waals surface area contributed by atoms with Gasteiger partial charge in [-0.3, -0.25) is 0 Å². The summed E-state index contributed by atoms with van der Waals surface area (Å²) >= 11 is 0. The molecule has 0 saturated heterocycles. The number of carboxylic acid groups (broad SMARTS) is 1. The molecule has 1 aromatic rings. The molecule has 4 heteroatoms. The fourth-order valence-corrected chi connectivity index (χ4v) is 1.33. The Labute approximate surface area is 113 Å². The average molecular weight is 262 g/mol. The van der Waals surface area contributed by atoms with Crippen LogP contribution in [0, 0.1) is 0 Å². The molecule has 0 aliphatic carbocycles. The molecule has 19 heavy (non-hydrogen) atoms. The molecule has 1 rings (SSSR count). The molecular weight excluding hydrogens is 244 g/mol. The summed E-state index contributed by atoms with van der Waals surface area (Å²) in [6.45, 7) is 4.45. The van der Waals surface area contributed by atoms with Crippen molar-refractivity contribution in [2.24, 2.45) is 0 Å². The molecule has 0 amide bonds. The van der Waals surface area contributed by atoms with Gasteiger partial charge in [0.05, 0.1) is 7.11 Å². The van der Waals surface area contributed by atoms with Crippen molar-refractivity contribution in [3.05, 3.63) is 47.2 Å². The number of methoxy groups -OCH3 is 1. The largest absolute Gasteiger partial charge is 0.490 e. The molecule has 0 aromatic heterocycles. The molecule has 0 atom stereocenters. The van der Waals surface area contributed by atoms with E-state index in [-0.39, 0.29) is 5.76 Å². The standard InChI is InChI=1S/C15H18O4/c1-4-11(2)10-19-13-7-5-6-12(8-13)9-14(18-3)15(16)17/h4-9H,10H2,1-3H3,(H,16,17)/b11-4+,14-9-. The van der Waals surface area contributed by atoms with Crippen LogP contribution in [0.2, 0.25) is 0 Å². The third-order valence-corrected chi connectivity index (χ3v) is 2.55. The molecule has 102 valence electrons. The maximum atomic E-state index is 10.8. The van der Waals surface area contributed by atoms with Crippen LogP contribution in [-0.4, -0.2) is 24.8 Å². The fraction of sp³-hybridized carbons (Fsp3) is 0.267. The zero-order valence-corrected chi connectivity index (χ0v) is 11.3. The molecule has 0 aliphatic rings. The Balaban J connectivity index is 2.85. The summed E-state index contributed by atoms with van der Waals surface area (Å²) in [4.78, 5) is 10.8. The summed E-state index contributed by atoms with van der Waals surface area (Å²) in [5.74, 6) is -0.517. The van der Waals surface area contributed by atoms with Crippen LogP contribution in [0.4, 0.5) is 0 Å². The number of carboxylic acids is 1. The number of aliphatic carboxylic acids is 1. The second kappa shape index (κ2) is 7.26. The van der Waals surface area contributed by atoms with Crippen LogP contribution in [0.15, 0.2) is 41.7 Å². The van der Waals surface area contributed by atoms with Gasteiger partial charge in [-0.2, -0.15) is 0 Å². The van der Waals surface area contributed by atoms with Crippen LogP contribution >= 0.6 is 0 Å². The topological polar surface area (TPSA) is 55.8 Å². The number of benzene rings is 1. The Kier molecular flexibility index (Phi) is 5.67. The smallest absolute Gasteiger partial charge is 0.371 e. The van der Waals surface area contributed by atoms with E-state index in [9.17, 15) is 4.79 Å². The van der Waals surface area contributed by atoms with E-state index in [0.29, 0.717) is 12.4 Å². The van der Waals surface area contributed by atoms with E-state index >= 15 is 0 Å². The molecule has 0 unspecified atom stereocenters. The van der Waals surface area contributed by atoms with Gasteiger partial charge in [-0.25, -0.2) is 4.79 Å². The molecule has 0 fully saturated rings. The highest BCUT2D eigenvalue weighted by Gasteiger charge is 2.06. The molecule has 0 aliphatic heterocycles. The Hall–Kier alpha value is -2.23. The molecule has 0 radical (unpaired) electrons. The van der Waals surface area contributed by atoms with Gasteiger partial charge in [0.25, 0.3) is 0 Å². The number of carbonyl (C=O) groups is 1. The Bertz CT molecular complexity index is 501. The lowest BCUT2D eigenvalue weighted by Gasteiger charge is -2.07. The zero-order chi connectivity index (χ0) is 14.3. The third kappa shape index (κ3) is 4.87. The summed E-state index contributed by atoms with van der Waals surface area (Å²) in [5.41, 5.74) is 1.85. The van der Waals surface area contributed by atoms with Gasteiger partial charge < -0.3 is 14.6 Å². The van der Waals surface area contributed by atoms with Gasteiger partial charge in [0.2, 0.25) is 5.76 Å². The SMILES string of the molecule is C/C=C(\C)COc1cccc(/C=C(\OC)C(=O)O)c1. The Morgan fingerprint density at radius 1 is 1.42 bits per heavy atom. The maximum Gasteiger partial charge on any atom is 0.371 e. The third-order valence-electron chi connectivity index (χ3n) is 2.55. The van der Waals surface area contributed by atoms with Gasteiger partial charge in [0, 0.05) is 0 Å². The van der Waals surface area contributed by atoms with Gasteiger partial charge in [0.15, 0.2) is 0 Å². The monoisotopic (exact) mass is 262 g/mol. The van der Waals surface area contributed by atoms with Crippen molar-refractivity contribution in [1.82, 2.24) is 0 Å². The van der Waals surface area contributed by atoms with Gasteiger partial charge in [-0.1, -0.05) is 18.2 Å². The van der Waals surface area contributed by atoms with E-state index < -0.39 is 5.97 Å². The molecule has 0 saturated carbocycles. The van der Waals surface area contributed by atoms with E-state index in [1.54, 1.807) is 18.2 Å². The van der Waals surface area contributed by atoms with E-state index in [0.717, 1.165) is 11.1 Å². The number of rotatable bonds is 6. The maximum absolute atomic E-state index is 10.8. The quantitative estimate of drug-likeness (QED) is 0.486. The van der Waals surface area contributed by atoms with Crippen LogP contribution in [0.25, 0.3) is 6.08 Å². The van der Waals surface area contributed by atoms with Crippen LogP contribution in [-0.2, 0) is 9.53 Å². The molecule has 1 aromatic carbocycles. The van der Waals surface area contributed by atoms with Gasteiger partial charge in [0.1, 0.15) is 12.4 Å².